The third-order valence-corrected chi connectivity index (χ3v) is 3.61. The first-order chi connectivity index (χ1) is 10.1. The number of aryl methyl sites for hydroxylation is 2. The number of methoxy groups -OCH3 is 2. The predicted octanol–water partition coefficient (Wildman–Crippen LogP) is 3.98. The second-order valence-electron chi connectivity index (χ2n) is 4.48. The van der Waals surface area contributed by atoms with Crippen molar-refractivity contribution in [2.45, 2.75) is 19.3 Å². The lowest BCUT2D eigenvalue weighted by atomic mass is 10.1. The second kappa shape index (κ2) is 7.48. The first-order valence-corrected chi connectivity index (χ1v) is 7.27. The van der Waals surface area contributed by atoms with Gasteiger partial charge in [-0.25, -0.2) is 9.97 Å². The van der Waals surface area contributed by atoms with E-state index in [1.807, 2.05) is 18.2 Å². The number of hydrogen-bond donors (Lipinski definition) is 0. The maximum Gasteiger partial charge on any atom is 0.222 e. The van der Waals surface area contributed by atoms with Crippen LogP contribution in [0.25, 0.3) is 0 Å². The maximum absolute atomic E-state index is 6.05. The molecule has 0 unspecified atom stereocenters. The number of halogens is 2. The lowest BCUT2D eigenvalue weighted by molar-refractivity contribution is 0.354. The fourth-order valence-corrected chi connectivity index (χ4v) is 2.39. The average Bonchev–Trinajstić information content (AvgIpc) is 2.50. The van der Waals surface area contributed by atoms with Gasteiger partial charge in [0.25, 0.3) is 0 Å². The van der Waals surface area contributed by atoms with Gasteiger partial charge < -0.3 is 9.47 Å². The maximum atomic E-state index is 6.05. The smallest absolute Gasteiger partial charge is 0.222 e. The molecule has 1 heterocycles. The number of nitrogens with zero attached hydrogens (tertiary/aromatic N) is 2. The van der Waals surface area contributed by atoms with Gasteiger partial charge in [-0.15, -0.1) is 0 Å². The van der Waals surface area contributed by atoms with Gasteiger partial charge in [0.2, 0.25) is 5.28 Å². The summed E-state index contributed by atoms with van der Waals surface area (Å²) in [5.74, 6) is 1.46. The molecule has 1 aromatic carbocycles. The highest BCUT2D eigenvalue weighted by atomic mass is 35.5. The summed E-state index contributed by atoms with van der Waals surface area (Å²) in [6, 6.07) is 5.91. The van der Waals surface area contributed by atoms with Crippen LogP contribution in [0, 0.1) is 0 Å². The molecule has 0 radical (unpaired) electrons. The summed E-state index contributed by atoms with van der Waals surface area (Å²) in [5, 5.41) is 0.771. The van der Waals surface area contributed by atoms with E-state index in [0.29, 0.717) is 5.02 Å². The van der Waals surface area contributed by atoms with Gasteiger partial charge >= 0.3 is 0 Å². The van der Waals surface area contributed by atoms with Gasteiger partial charge in [-0.1, -0.05) is 17.7 Å². The quantitative estimate of drug-likeness (QED) is 0.753. The number of hydrogen-bond acceptors (Lipinski definition) is 4. The molecule has 0 aliphatic carbocycles. The van der Waals surface area contributed by atoms with E-state index in [4.69, 9.17) is 32.7 Å². The van der Waals surface area contributed by atoms with Crippen molar-refractivity contribution in [2.75, 3.05) is 14.2 Å². The number of rotatable bonds is 6. The van der Waals surface area contributed by atoms with Crippen molar-refractivity contribution in [3.8, 4) is 11.5 Å². The molecule has 112 valence electrons. The molecule has 0 aliphatic rings. The van der Waals surface area contributed by atoms with Crippen LogP contribution in [0.2, 0.25) is 10.3 Å². The zero-order valence-electron chi connectivity index (χ0n) is 11.9. The zero-order valence-corrected chi connectivity index (χ0v) is 13.4. The Balaban J connectivity index is 1.98. The van der Waals surface area contributed by atoms with E-state index in [-0.39, 0.29) is 5.28 Å². The topological polar surface area (TPSA) is 44.2 Å². The van der Waals surface area contributed by atoms with Crippen molar-refractivity contribution in [3.63, 3.8) is 0 Å². The van der Waals surface area contributed by atoms with Gasteiger partial charge in [0, 0.05) is 0 Å². The molecule has 21 heavy (non-hydrogen) atoms. The van der Waals surface area contributed by atoms with Crippen LogP contribution in [0.15, 0.2) is 24.4 Å². The number of ether oxygens (including phenoxy) is 2. The molecule has 0 fully saturated rings. The average molecular weight is 327 g/mol. The highest BCUT2D eigenvalue weighted by Crippen LogP contribution is 2.28. The summed E-state index contributed by atoms with van der Waals surface area (Å²) in [5.41, 5.74) is 1.95. The Bertz CT molecular complexity index is 621. The molecular weight excluding hydrogens is 311 g/mol. The van der Waals surface area contributed by atoms with Gasteiger partial charge in [0.15, 0.2) is 11.5 Å². The minimum atomic E-state index is 0.223. The molecule has 2 aromatic rings. The third kappa shape index (κ3) is 4.22. The Kier molecular flexibility index (Phi) is 5.65. The first-order valence-electron chi connectivity index (χ1n) is 6.52. The van der Waals surface area contributed by atoms with Gasteiger partial charge in [-0.05, 0) is 48.6 Å². The lowest BCUT2D eigenvalue weighted by Crippen LogP contribution is -1.97. The van der Waals surface area contributed by atoms with Gasteiger partial charge in [0.1, 0.15) is 0 Å². The molecule has 0 spiro atoms. The van der Waals surface area contributed by atoms with Crippen LogP contribution in [0.5, 0.6) is 11.5 Å². The van der Waals surface area contributed by atoms with Crippen molar-refractivity contribution in [1.82, 2.24) is 9.97 Å². The molecule has 0 aliphatic heterocycles. The third-order valence-electron chi connectivity index (χ3n) is 3.11. The minimum Gasteiger partial charge on any atom is -0.493 e. The fourth-order valence-electron chi connectivity index (χ4n) is 2.05. The monoisotopic (exact) mass is 326 g/mol. The molecular formula is C15H16Cl2N2O2. The molecule has 0 bridgehead atoms. The molecule has 1 aromatic heterocycles. The Hall–Kier alpha value is -1.52. The van der Waals surface area contributed by atoms with E-state index in [1.165, 1.54) is 11.8 Å². The summed E-state index contributed by atoms with van der Waals surface area (Å²) in [6.45, 7) is 0. The van der Waals surface area contributed by atoms with E-state index < -0.39 is 0 Å². The van der Waals surface area contributed by atoms with Crippen molar-refractivity contribution < 1.29 is 9.47 Å². The fraction of sp³-hybridized carbons (Fsp3) is 0.333. The standard InChI is InChI=1S/C15H16Cl2N2O2/c1-20-13-7-6-10(8-14(13)21-2)4-3-5-12-11(16)9-18-15(17)19-12/h6-9H,3-5H2,1-2H3. The molecule has 6 heteroatoms. The molecule has 0 saturated heterocycles. The summed E-state index contributed by atoms with van der Waals surface area (Å²) < 4.78 is 10.5. The van der Waals surface area contributed by atoms with Crippen LogP contribution in [-0.2, 0) is 12.8 Å². The minimum absolute atomic E-state index is 0.223. The normalized spacial score (nSPS) is 10.5. The van der Waals surface area contributed by atoms with E-state index in [0.717, 1.165) is 36.5 Å². The molecule has 0 saturated carbocycles. The van der Waals surface area contributed by atoms with Crippen molar-refractivity contribution >= 4 is 23.2 Å². The number of benzene rings is 1. The van der Waals surface area contributed by atoms with E-state index in [2.05, 4.69) is 9.97 Å². The molecule has 0 amide bonds. The zero-order chi connectivity index (χ0) is 15.2. The molecule has 0 atom stereocenters. The Labute approximate surface area is 134 Å². The van der Waals surface area contributed by atoms with Crippen LogP contribution in [0.1, 0.15) is 17.7 Å². The summed E-state index contributed by atoms with van der Waals surface area (Å²) in [4.78, 5) is 7.98. The van der Waals surface area contributed by atoms with Crippen LogP contribution < -0.4 is 9.47 Å². The van der Waals surface area contributed by atoms with Crippen molar-refractivity contribution in [3.05, 3.63) is 46.0 Å². The van der Waals surface area contributed by atoms with E-state index >= 15 is 0 Å². The molecule has 4 nitrogen and oxygen atoms in total. The van der Waals surface area contributed by atoms with Crippen LogP contribution in [-0.4, -0.2) is 24.2 Å². The van der Waals surface area contributed by atoms with Crippen LogP contribution in [0.3, 0.4) is 0 Å². The first kappa shape index (κ1) is 15.9. The van der Waals surface area contributed by atoms with Crippen LogP contribution >= 0.6 is 23.2 Å². The highest BCUT2D eigenvalue weighted by Gasteiger charge is 2.07. The summed E-state index contributed by atoms with van der Waals surface area (Å²) in [6.07, 6.45) is 4.07. The highest BCUT2D eigenvalue weighted by molar-refractivity contribution is 6.31. The summed E-state index contributed by atoms with van der Waals surface area (Å²) >= 11 is 11.8. The lowest BCUT2D eigenvalue weighted by Gasteiger charge is -2.09. The summed E-state index contributed by atoms with van der Waals surface area (Å²) in [7, 11) is 3.25. The molecule has 2 rings (SSSR count). The van der Waals surface area contributed by atoms with Crippen molar-refractivity contribution in [2.24, 2.45) is 0 Å². The molecule has 0 N–H and O–H groups in total. The predicted molar refractivity (Wildman–Crippen MR) is 83.6 cm³/mol. The number of aromatic nitrogens is 2. The largest absolute Gasteiger partial charge is 0.493 e. The van der Waals surface area contributed by atoms with E-state index in [1.54, 1.807) is 14.2 Å². The SMILES string of the molecule is COc1ccc(CCCc2nc(Cl)ncc2Cl)cc1OC. The van der Waals surface area contributed by atoms with Gasteiger partial charge in [0.05, 0.1) is 31.1 Å². The Morgan fingerprint density at radius 3 is 2.52 bits per heavy atom. The van der Waals surface area contributed by atoms with Crippen molar-refractivity contribution in [1.29, 1.82) is 0 Å². The van der Waals surface area contributed by atoms with E-state index in [9.17, 15) is 0 Å². The van der Waals surface area contributed by atoms with Gasteiger partial charge in [-0.2, -0.15) is 0 Å². The second-order valence-corrected chi connectivity index (χ2v) is 5.22. The van der Waals surface area contributed by atoms with Crippen LogP contribution in [0.4, 0.5) is 0 Å². The Morgan fingerprint density at radius 1 is 1.05 bits per heavy atom. The Morgan fingerprint density at radius 2 is 1.81 bits per heavy atom. The van der Waals surface area contributed by atoms with Gasteiger partial charge in [-0.3, -0.25) is 0 Å².